The Morgan fingerprint density at radius 3 is 1.95 bits per heavy atom. The maximum atomic E-state index is 12.2. The minimum atomic E-state index is -4.05. The molecule has 2 rings (SSSR count). The lowest BCUT2D eigenvalue weighted by atomic mass is 10.0. The van der Waals surface area contributed by atoms with E-state index in [9.17, 15) is 23.4 Å². The number of hydrogen-bond donors (Lipinski definition) is 3. The molecule has 116 valence electrons. The first-order valence-corrected chi connectivity index (χ1v) is 7.93. The highest BCUT2D eigenvalue weighted by molar-refractivity contribution is 7.89. The van der Waals surface area contributed by atoms with Crippen molar-refractivity contribution in [2.75, 3.05) is 0 Å². The van der Waals surface area contributed by atoms with Gasteiger partial charge in [0, 0.05) is 0 Å². The van der Waals surface area contributed by atoms with Crippen molar-refractivity contribution in [1.29, 1.82) is 0 Å². The van der Waals surface area contributed by atoms with E-state index in [1.165, 1.54) is 36.4 Å². The van der Waals surface area contributed by atoms with Crippen LogP contribution in [0.1, 0.15) is 11.7 Å². The topological polar surface area (TPSA) is 104 Å². The third-order valence-corrected chi connectivity index (χ3v) is 4.52. The fraction of sp³-hybridized carbons (Fsp3) is 0.133. The molecule has 3 N–H and O–H groups in total. The second-order valence-corrected chi connectivity index (χ2v) is 6.32. The number of rotatable bonds is 6. The zero-order valence-electron chi connectivity index (χ0n) is 11.5. The lowest BCUT2D eigenvalue weighted by Gasteiger charge is -2.20. The third-order valence-electron chi connectivity index (χ3n) is 3.06. The fourth-order valence-electron chi connectivity index (χ4n) is 1.93. The van der Waals surface area contributed by atoms with Gasteiger partial charge < -0.3 is 10.2 Å². The van der Waals surface area contributed by atoms with Crippen LogP contribution in [0.3, 0.4) is 0 Å². The van der Waals surface area contributed by atoms with Gasteiger partial charge in [-0.25, -0.2) is 8.42 Å². The highest BCUT2D eigenvalue weighted by Gasteiger charge is 2.32. The van der Waals surface area contributed by atoms with Gasteiger partial charge in [-0.1, -0.05) is 48.5 Å². The van der Waals surface area contributed by atoms with Gasteiger partial charge in [-0.05, 0) is 17.7 Å². The highest BCUT2D eigenvalue weighted by atomic mass is 32.2. The van der Waals surface area contributed by atoms with Crippen LogP contribution in [0, 0.1) is 0 Å². The molecule has 0 bridgehead atoms. The lowest BCUT2D eigenvalue weighted by Crippen LogP contribution is -2.44. The number of aliphatic hydroxyl groups excluding tert-OH is 1. The molecule has 2 aromatic carbocycles. The van der Waals surface area contributed by atoms with E-state index in [-0.39, 0.29) is 4.90 Å². The molecule has 22 heavy (non-hydrogen) atoms. The summed E-state index contributed by atoms with van der Waals surface area (Å²) in [6.07, 6.45) is -1.50. The molecule has 0 aliphatic rings. The minimum absolute atomic E-state index is 0.0680. The molecule has 0 fully saturated rings. The van der Waals surface area contributed by atoms with E-state index in [1.807, 2.05) is 4.72 Å². The van der Waals surface area contributed by atoms with Crippen LogP contribution in [0.15, 0.2) is 65.6 Å². The normalized spacial score (nSPS) is 14.2. The van der Waals surface area contributed by atoms with E-state index in [4.69, 9.17) is 0 Å². The fourth-order valence-corrected chi connectivity index (χ4v) is 3.14. The Bertz CT molecular complexity index is 731. The molecule has 0 unspecified atom stereocenters. The number of nitrogens with one attached hydrogen (secondary N) is 1. The average molecular weight is 321 g/mol. The van der Waals surface area contributed by atoms with Crippen molar-refractivity contribution in [3.63, 3.8) is 0 Å². The SMILES string of the molecule is O=C(O)[C@H](NS(=O)(=O)c1ccccc1)[C@H](O)c1ccccc1. The van der Waals surface area contributed by atoms with E-state index in [1.54, 1.807) is 24.3 Å². The Kier molecular flexibility index (Phi) is 4.92. The van der Waals surface area contributed by atoms with E-state index in [0.29, 0.717) is 5.56 Å². The molecular weight excluding hydrogens is 306 g/mol. The summed E-state index contributed by atoms with van der Waals surface area (Å²) in [5.41, 5.74) is 0.311. The summed E-state index contributed by atoms with van der Waals surface area (Å²) in [6.45, 7) is 0. The van der Waals surface area contributed by atoms with Crippen LogP contribution in [0.4, 0.5) is 0 Å². The van der Waals surface area contributed by atoms with Crippen molar-refractivity contribution in [1.82, 2.24) is 4.72 Å². The third kappa shape index (κ3) is 3.70. The number of aliphatic hydroxyl groups is 1. The van der Waals surface area contributed by atoms with Crippen LogP contribution in [-0.4, -0.2) is 30.6 Å². The van der Waals surface area contributed by atoms with Gasteiger partial charge in [0.2, 0.25) is 10.0 Å². The van der Waals surface area contributed by atoms with Crippen LogP contribution in [0.2, 0.25) is 0 Å². The number of carbonyl (C=O) groups is 1. The van der Waals surface area contributed by atoms with Gasteiger partial charge in [-0.2, -0.15) is 4.72 Å². The summed E-state index contributed by atoms with van der Waals surface area (Å²) in [5, 5.41) is 19.4. The Balaban J connectivity index is 2.28. The molecular formula is C15H15NO5S. The summed E-state index contributed by atoms with van der Waals surface area (Å²) in [7, 11) is -4.05. The monoisotopic (exact) mass is 321 g/mol. The van der Waals surface area contributed by atoms with E-state index in [2.05, 4.69) is 0 Å². The summed E-state index contributed by atoms with van der Waals surface area (Å²) < 4.78 is 26.4. The Morgan fingerprint density at radius 2 is 1.45 bits per heavy atom. The molecule has 6 nitrogen and oxygen atoms in total. The van der Waals surface area contributed by atoms with Gasteiger partial charge in [-0.3, -0.25) is 4.79 Å². The molecule has 7 heteroatoms. The molecule has 0 saturated carbocycles. The molecule has 0 heterocycles. The van der Waals surface area contributed by atoms with Gasteiger partial charge in [0.15, 0.2) is 0 Å². The van der Waals surface area contributed by atoms with E-state index in [0.717, 1.165) is 0 Å². The molecule has 0 spiro atoms. The standard InChI is InChI=1S/C15H15NO5S/c17-14(11-7-3-1-4-8-11)13(15(18)19)16-22(20,21)12-9-5-2-6-10-12/h1-10,13-14,16-17H,(H,18,19)/t13-,14-/m1/s1. The second kappa shape index (κ2) is 6.69. The highest BCUT2D eigenvalue weighted by Crippen LogP contribution is 2.19. The molecule has 2 atom stereocenters. The molecule has 0 saturated heterocycles. The average Bonchev–Trinajstić information content (AvgIpc) is 2.53. The molecule has 0 aliphatic heterocycles. The maximum Gasteiger partial charge on any atom is 0.324 e. The Labute approximate surface area is 128 Å². The number of hydrogen-bond acceptors (Lipinski definition) is 4. The van der Waals surface area contributed by atoms with Gasteiger partial charge in [0.1, 0.15) is 12.1 Å². The van der Waals surface area contributed by atoms with Crippen LogP contribution in [0.25, 0.3) is 0 Å². The van der Waals surface area contributed by atoms with Gasteiger partial charge >= 0.3 is 5.97 Å². The lowest BCUT2D eigenvalue weighted by molar-refractivity contribution is -0.141. The quantitative estimate of drug-likeness (QED) is 0.740. The van der Waals surface area contributed by atoms with Crippen molar-refractivity contribution >= 4 is 16.0 Å². The number of carboxylic acid groups (broad SMARTS) is 1. The summed E-state index contributed by atoms with van der Waals surface area (Å²) in [5.74, 6) is -1.46. The van der Waals surface area contributed by atoms with Crippen LogP contribution in [0.5, 0.6) is 0 Å². The largest absolute Gasteiger partial charge is 0.480 e. The number of carboxylic acids is 1. The molecule has 2 aromatic rings. The number of sulfonamides is 1. The minimum Gasteiger partial charge on any atom is -0.480 e. The number of benzene rings is 2. The molecule has 0 radical (unpaired) electrons. The van der Waals surface area contributed by atoms with Crippen molar-refractivity contribution < 1.29 is 23.4 Å². The first-order chi connectivity index (χ1) is 10.4. The van der Waals surface area contributed by atoms with Crippen LogP contribution >= 0.6 is 0 Å². The molecule has 0 aliphatic carbocycles. The maximum absolute atomic E-state index is 12.2. The van der Waals surface area contributed by atoms with Crippen molar-refractivity contribution in [3.05, 3.63) is 66.2 Å². The number of aliphatic carboxylic acids is 1. The summed E-state index contributed by atoms with van der Waals surface area (Å²) >= 11 is 0. The predicted molar refractivity (Wildman–Crippen MR) is 79.6 cm³/mol. The first kappa shape index (κ1) is 16.2. The zero-order valence-corrected chi connectivity index (χ0v) is 12.3. The Morgan fingerprint density at radius 1 is 0.955 bits per heavy atom. The summed E-state index contributed by atoms with van der Waals surface area (Å²) in [4.78, 5) is 11.3. The molecule has 0 amide bonds. The van der Waals surface area contributed by atoms with Gasteiger partial charge in [0.25, 0.3) is 0 Å². The summed E-state index contributed by atoms with van der Waals surface area (Å²) in [6, 6.07) is 13.7. The first-order valence-electron chi connectivity index (χ1n) is 6.45. The molecule has 0 aromatic heterocycles. The van der Waals surface area contributed by atoms with Crippen LogP contribution < -0.4 is 4.72 Å². The zero-order chi connectivity index (χ0) is 16.2. The van der Waals surface area contributed by atoms with Gasteiger partial charge in [-0.15, -0.1) is 0 Å². The Hall–Kier alpha value is -2.22. The predicted octanol–water partition coefficient (Wildman–Crippen LogP) is 1.15. The van der Waals surface area contributed by atoms with Crippen molar-refractivity contribution in [2.24, 2.45) is 0 Å². The van der Waals surface area contributed by atoms with E-state index >= 15 is 0 Å². The smallest absolute Gasteiger partial charge is 0.324 e. The van der Waals surface area contributed by atoms with Crippen molar-refractivity contribution in [3.8, 4) is 0 Å². The van der Waals surface area contributed by atoms with Gasteiger partial charge in [0.05, 0.1) is 4.90 Å². The second-order valence-electron chi connectivity index (χ2n) is 4.61. The van der Waals surface area contributed by atoms with E-state index < -0.39 is 28.1 Å². The van der Waals surface area contributed by atoms with Crippen molar-refractivity contribution in [2.45, 2.75) is 17.0 Å². The van der Waals surface area contributed by atoms with Crippen LogP contribution in [-0.2, 0) is 14.8 Å².